The van der Waals surface area contributed by atoms with Crippen molar-refractivity contribution in [2.45, 2.75) is 37.6 Å². The van der Waals surface area contributed by atoms with Crippen molar-refractivity contribution in [2.24, 2.45) is 5.92 Å². The van der Waals surface area contributed by atoms with Gasteiger partial charge in [-0.1, -0.05) is 12.8 Å². The van der Waals surface area contributed by atoms with E-state index in [1.54, 1.807) is 0 Å². The summed E-state index contributed by atoms with van der Waals surface area (Å²) in [5, 5.41) is 3.35. The van der Waals surface area contributed by atoms with E-state index in [1.165, 1.54) is 20.0 Å². The lowest BCUT2D eigenvalue weighted by atomic mass is 9.74. The molecular weight excluding hydrogens is 202 g/mol. The molecule has 2 unspecified atom stereocenters. The van der Waals surface area contributed by atoms with Gasteiger partial charge in [0.05, 0.1) is 7.11 Å². The zero-order valence-electron chi connectivity index (χ0n) is 8.54. The molecular formula is C10H18ClNO2. The summed E-state index contributed by atoms with van der Waals surface area (Å²) in [5.41, 5.74) is -0.312. The van der Waals surface area contributed by atoms with Crippen LogP contribution in [0, 0.1) is 5.92 Å². The molecule has 2 atom stereocenters. The van der Waals surface area contributed by atoms with Crippen molar-refractivity contribution in [2.75, 3.05) is 13.7 Å². The highest BCUT2D eigenvalue weighted by Gasteiger charge is 2.50. The number of halogens is 1. The molecule has 0 aromatic heterocycles. The average Bonchev–Trinajstić information content (AvgIpc) is 2.61. The Kier molecular flexibility index (Phi) is 3.78. The number of methoxy groups -OCH3 is 1. The van der Waals surface area contributed by atoms with Gasteiger partial charge < -0.3 is 10.1 Å². The first kappa shape index (κ1) is 11.8. The molecule has 2 fully saturated rings. The highest BCUT2D eigenvalue weighted by Crippen LogP contribution is 2.40. The molecule has 14 heavy (non-hydrogen) atoms. The monoisotopic (exact) mass is 219 g/mol. The van der Waals surface area contributed by atoms with Crippen molar-refractivity contribution < 1.29 is 9.53 Å². The third kappa shape index (κ3) is 1.63. The van der Waals surface area contributed by atoms with E-state index >= 15 is 0 Å². The molecule has 1 saturated carbocycles. The van der Waals surface area contributed by atoms with E-state index in [4.69, 9.17) is 4.74 Å². The fourth-order valence-electron chi connectivity index (χ4n) is 2.86. The molecule has 0 radical (unpaired) electrons. The molecule has 4 heteroatoms. The summed E-state index contributed by atoms with van der Waals surface area (Å²) in [5.74, 6) is 0.475. The summed E-state index contributed by atoms with van der Waals surface area (Å²) >= 11 is 0. The average molecular weight is 220 g/mol. The molecule has 0 aromatic rings. The number of hydrogen-bond acceptors (Lipinski definition) is 3. The van der Waals surface area contributed by atoms with Gasteiger partial charge in [0.15, 0.2) is 0 Å². The highest BCUT2D eigenvalue weighted by atomic mass is 35.5. The van der Waals surface area contributed by atoms with E-state index in [9.17, 15) is 4.79 Å². The van der Waals surface area contributed by atoms with Crippen LogP contribution in [-0.4, -0.2) is 25.2 Å². The highest BCUT2D eigenvalue weighted by molar-refractivity contribution is 5.85. The topological polar surface area (TPSA) is 38.3 Å². The fraction of sp³-hybridized carbons (Fsp3) is 0.900. The Balaban J connectivity index is 0.000000980. The summed E-state index contributed by atoms with van der Waals surface area (Å²) in [6.07, 6.45) is 5.70. The Morgan fingerprint density at radius 3 is 2.93 bits per heavy atom. The maximum Gasteiger partial charge on any atom is 0.326 e. The quantitative estimate of drug-likeness (QED) is 0.680. The fourth-order valence-corrected chi connectivity index (χ4v) is 2.86. The van der Waals surface area contributed by atoms with Crippen LogP contribution in [0.3, 0.4) is 0 Å². The van der Waals surface area contributed by atoms with Gasteiger partial charge in [0.1, 0.15) is 5.54 Å². The molecule has 2 aliphatic rings. The van der Waals surface area contributed by atoms with Crippen molar-refractivity contribution >= 4 is 18.4 Å². The second kappa shape index (κ2) is 4.49. The molecule has 0 aromatic carbocycles. The van der Waals surface area contributed by atoms with Crippen LogP contribution in [0.15, 0.2) is 0 Å². The summed E-state index contributed by atoms with van der Waals surface area (Å²) in [6, 6.07) is 0. The van der Waals surface area contributed by atoms with E-state index in [0.29, 0.717) is 5.92 Å². The van der Waals surface area contributed by atoms with Crippen LogP contribution in [0.5, 0.6) is 0 Å². The lowest BCUT2D eigenvalue weighted by molar-refractivity contribution is -0.151. The number of carbonyl (C=O) groups is 1. The van der Waals surface area contributed by atoms with Gasteiger partial charge in [0, 0.05) is 0 Å². The van der Waals surface area contributed by atoms with Gasteiger partial charge >= 0.3 is 5.97 Å². The first-order valence-corrected chi connectivity index (χ1v) is 5.13. The van der Waals surface area contributed by atoms with Crippen LogP contribution in [0.1, 0.15) is 32.1 Å². The number of esters is 1. The standard InChI is InChI=1S/C10H17NO2.ClH/c1-13-9(12)10-6-3-2-4-8(10)5-7-11-10;/h8,11H,2-7H2,1H3;1H. The van der Waals surface area contributed by atoms with Gasteiger partial charge in [0.2, 0.25) is 0 Å². The summed E-state index contributed by atoms with van der Waals surface area (Å²) in [7, 11) is 1.49. The van der Waals surface area contributed by atoms with E-state index in [2.05, 4.69) is 5.32 Å². The molecule has 2 rings (SSSR count). The minimum absolute atomic E-state index is 0. The van der Waals surface area contributed by atoms with Crippen molar-refractivity contribution in [3.8, 4) is 0 Å². The third-order valence-corrected chi connectivity index (χ3v) is 3.55. The lowest BCUT2D eigenvalue weighted by Crippen LogP contribution is -2.54. The zero-order valence-corrected chi connectivity index (χ0v) is 9.36. The molecule has 0 bridgehead atoms. The van der Waals surface area contributed by atoms with Crippen molar-refractivity contribution in [1.82, 2.24) is 5.32 Å². The Morgan fingerprint density at radius 1 is 1.43 bits per heavy atom. The van der Waals surface area contributed by atoms with Gasteiger partial charge in [-0.15, -0.1) is 12.4 Å². The van der Waals surface area contributed by atoms with Crippen molar-refractivity contribution in [3.63, 3.8) is 0 Å². The predicted molar refractivity (Wildman–Crippen MR) is 56.6 cm³/mol. The van der Waals surface area contributed by atoms with E-state index in [-0.39, 0.29) is 23.9 Å². The third-order valence-electron chi connectivity index (χ3n) is 3.55. The van der Waals surface area contributed by atoms with Gasteiger partial charge in [-0.05, 0) is 31.7 Å². The van der Waals surface area contributed by atoms with Crippen LogP contribution in [0.25, 0.3) is 0 Å². The predicted octanol–water partition coefficient (Wildman–Crippen LogP) is 1.50. The number of carbonyl (C=O) groups excluding carboxylic acids is 1. The SMILES string of the molecule is COC(=O)C12CCCCC1CCN2.Cl. The Labute approximate surface area is 91.0 Å². The van der Waals surface area contributed by atoms with Gasteiger partial charge in [-0.2, -0.15) is 0 Å². The molecule has 1 heterocycles. The lowest BCUT2D eigenvalue weighted by Gasteiger charge is -2.36. The normalized spacial score (nSPS) is 35.6. The van der Waals surface area contributed by atoms with Crippen LogP contribution < -0.4 is 5.32 Å². The molecule has 1 aliphatic heterocycles. The van der Waals surface area contributed by atoms with Crippen LogP contribution in [0.2, 0.25) is 0 Å². The maximum atomic E-state index is 11.7. The number of hydrogen-bond donors (Lipinski definition) is 1. The molecule has 1 N–H and O–H groups in total. The van der Waals surface area contributed by atoms with Gasteiger partial charge in [-0.25, -0.2) is 0 Å². The summed E-state index contributed by atoms with van der Waals surface area (Å²) in [4.78, 5) is 11.7. The smallest absolute Gasteiger partial charge is 0.326 e. The van der Waals surface area contributed by atoms with E-state index in [0.717, 1.165) is 25.8 Å². The Hall–Kier alpha value is -0.280. The summed E-state index contributed by atoms with van der Waals surface area (Å²) in [6.45, 7) is 0.972. The van der Waals surface area contributed by atoms with Gasteiger partial charge in [0.25, 0.3) is 0 Å². The molecule has 3 nitrogen and oxygen atoms in total. The molecule has 1 aliphatic carbocycles. The maximum absolute atomic E-state index is 11.7. The van der Waals surface area contributed by atoms with Gasteiger partial charge in [-0.3, -0.25) is 4.79 Å². The number of rotatable bonds is 1. The Morgan fingerprint density at radius 2 is 2.21 bits per heavy atom. The Bertz CT molecular complexity index is 222. The molecule has 1 saturated heterocycles. The number of nitrogens with one attached hydrogen (secondary N) is 1. The number of fused-ring (bicyclic) bond motifs is 1. The summed E-state index contributed by atoms with van der Waals surface area (Å²) < 4.78 is 4.89. The molecule has 0 amide bonds. The second-order valence-electron chi connectivity index (χ2n) is 4.12. The molecule has 0 spiro atoms. The first-order chi connectivity index (χ1) is 6.29. The van der Waals surface area contributed by atoms with Crippen molar-refractivity contribution in [1.29, 1.82) is 0 Å². The van der Waals surface area contributed by atoms with Crippen LogP contribution in [0.4, 0.5) is 0 Å². The minimum Gasteiger partial charge on any atom is -0.468 e. The largest absolute Gasteiger partial charge is 0.468 e. The minimum atomic E-state index is -0.312. The second-order valence-corrected chi connectivity index (χ2v) is 4.12. The zero-order chi connectivity index (χ0) is 9.31. The van der Waals surface area contributed by atoms with Crippen LogP contribution in [-0.2, 0) is 9.53 Å². The van der Waals surface area contributed by atoms with Crippen molar-refractivity contribution in [3.05, 3.63) is 0 Å². The molecule has 82 valence electrons. The first-order valence-electron chi connectivity index (χ1n) is 5.13. The van der Waals surface area contributed by atoms with Crippen LogP contribution >= 0.6 is 12.4 Å². The number of ether oxygens (including phenoxy) is 1. The van der Waals surface area contributed by atoms with E-state index in [1.807, 2.05) is 0 Å². The van der Waals surface area contributed by atoms with E-state index < -0.39 is 0 Å².